The molecule has 1 aromatic carbocycles. The molecule has 0 aromatic heterocycles. The third kappa shape index (κ3) is 1.89. The molecule has 12 heavy (non-hydrogen) atoms. The molecule has 0 saturated heterocycles. The van der Waals surface area contributed by atoms with Crippen LogP contribution in [0, 0.1) is 22.9 Å². The molecule has 0 radical (unpaired) electrons. The van der Waals surface area contributed by atoms with E-state index in [2.05, 4.69) is 10.6 Å². The highest BCUT2D eigenvalue weighted by molar-refractivity contribution is 5.56. The molecule has 0 aliphatic carbocycles. The zero-order valence-corrected chi connectivity index (χ0v) is 6.20. The number of nitriles is 2. The summed E-state index contributed by atoms with van der Waals surface area (Å²) in [7, 11) is 0. The van der Waals surface area contributed by atoms with Gasteiger partial charge in [0.2, 0.25) is 0 Å². The van der Waals surface area contributed by atoms with Gasteiger partial charge in [0, 0.05) is 11.4 Å². The van der Waals surface area contributed by atoms with Crippen molar-refractivity contribution in [1.82, 2.24) is 0 Å². The maximum atomic E-state index is 8.26. The quantitative estimate of drug-likeness (QED) is 0.505. The fourth-order valence-electron chi connectivity index (χ4n) is 0.766. The van der Waals surface area contributed by atoms with Crippen molar-refractivity contribution in [3.8, 4) is 12.4 Å². The zero-order chi connectivity index (χ0) is 8.81. The Morgan fingerprint density at radius 2 is 1.17 bits per heavy atom. The van der Waals surface area contributed by atoms with Crippen molar-refractivity contribution < 1.29 is 0 Å². The average Bonchev–Trinajstić information content (AvgIpc) is 2.09. The summed E-state index contributed by atoms with van der Waals surface area (Å²) in [5.41, 5.74) is 1.42. The first-order chi connectivity index (χ1) is 5.86. The maximum Gasteiger partial charge on any atom is 0.181 e. The number of nitrogens with zero attached hydrogens (tertiary/aromatic N) is 2. The van der Waals surface area contributed by atoms with Gasteiger partial charge in [-0.2, -0.15) is 10.5 Å². The minimum Gasteiger partial charge on any atom is -0.293 e. The molecule has 0 aliphatic rings. The van der Waals surface area contributed by atoms with Crippen LogP contribution >= 0.6 is 0 Å². The lowest BCUT2D eigenvalue weighted by Gasteiger charge is -1.98. The van der Waals surface area contributed by atoms with E-state index in [9.17, 15) is 0 Å². The zero-order valence-electron chi connectivity index (χ0n) is 6.20. The van der Waals surface area contributed by atoms with E-state index in [-0.39, 0.29) is 0 Å². The Morgan fingerprint density at radius 3 is 1.42 bits per heavy atom. The van der Waals surface area contributed by atoms with Crippen LogP contribution < -0.4 is 10.6 Å². The maximum absolute atomic E-state index is 8.26. The largest absolute Gasteiger partial charge is 0.293 e. The summed E-state index contributed by atoms with van der Waals surface area (Å²) in [5.74, 6) is 0. The number of hydrogen-bond acceptors (Lipinski definition) is 4. The van der Waals surface area contributed by atoms with Gasteiger partial charge in [-0.05, 0) is 24.3 Å². The van der Waals surface area contributed by atoms with Gasteiger partial charge in [0.25, 0.3) is 0 Å². The fraction of sp³-hybridized carbons (Fsp3) is 0. The van der Waals surface area contributed by atoms with E-state index in [1.165, 1.54) is 0 Å². The van der Waals surface area contributed by atoms with Crippen LogP contribution in [0.15, 0.2) is 24.3 Å². The Balaban J connectivity index is 2.74. The summed E-state index contributed by atoms with van der Waals surface area (Å²) in [6.45, 7) is 0. The molecule has 1 aromatic rings. The van der Waals surface area contributed by atoms with Crippen molar-refractivity contribution in [1.29, 1.82) is 10.5 Å². The molecule has 0 amide bonds. The van der Waals surface area contributed by atoms with Crippen LogP contribution in [0.5, 0.6) is 0 Å². The lowest BCUT2D eigenvalue weighted by molar-refractivity contribution is 1.45. The van der Waals surface area contributed by atoms with E-state index in [1.807, 2.05) is 0 Å². The second-order valence-electron chi connectivity index (χ2n) is 2.05. The molecule has 2 N–H and O–H groups in total. The smallest absolute Gasteiger partial charge is 0.181 e. The number of nitrogens with one attached hydrogen (secondary N) is 2. The molecule has 4 heteroatoms. The highest BCUT2D eigenvalue weighted by Crippen LogP contribution is 2.12. The molecule has 0 bridgehead atoms. The summed E-state index contributed by atoms with van der Waals surface area (Å²) in [6.07, 6.45) is 3.60. The van der Waals surface area contributed by atoms with Gasteiger partial charge >= 0.3 is 0 Å². The summed E-state index contributed by atoms with van der Waals surface area (Å²) >= 11 is 0. The molecule has 0 saturated carbocycles. The van der Waals surface area contributed by atoms with Crippen LogP contribution in [-0.2, 0) is 0 Å². The van der Waals surface area contributed by atoms with Crippen molar-refractivity contribution in [3.05, 3.63) is 24.3 Å². The van der Waals surface area contributed by atoms with Crippen molar-refractivity contribution >= 4 is 11.4 Å². The molecule has 4 nitrogen and oxygen atoms in total. The number of hydrogen-bond donors (Lipinski definition) is 2. The van der Waals surface area contributed by atoms with E-state index in [0.717, 1.165) is 0 Å². The average molecular weight is 158 g/mol. The monoisotopic (exact) mass is 158 g/mol. The number of rotatable bonds is 2. The Hall–Kier alpha value is -2.20. The van der Waals surface area contributed by atoms with Gasteiger partial charge < -0.3 is 0 Å². The lowest BCUT2D eigenvalue weighted by atomic mass is 10.3. The van der Waals surface area contributed by atoms with Gasteiger partial charge in [0.05, 0.1) is 0 Å². The van der Waals surface area contributed by atoms with Gasteiger partial charge in [-0.3, -0.25) is 10.6 Å². The molecule has 0 heterocycles. The standard InChI is InChI=1S/C8H6N4/c9-5-11-7-1-2-8(4-3-7)12-6-10/h1-4,11-12H. The normalized spacial score (nSPS) is 7.83. The van der Waals surface area contributed by atoms with Crippen LogP contribution in [0.25, 0.3) is 0 Å². The molecule has 0 aliphatic heterocycles. The summed E-state index contributed by atoms with van der Waals surface area (Å²) in [6, 6.07) is 6.84. The number of anilines is 2. The first-order valence-corrected chi connectivity index (χ1v) is 3.27. The molecule has 1 rings (SSSR count). The molecular weight excluding hydrogens is 152 g/mol. The molecular formula is C8H6N4. The minimum absolute atomic E-state index is 0.709. The van der Waals surface area contributed by atoms with Gasteiger partial charge in [-0.25, -0.2) is 0 Å². The van der Waals surface area contributed by atoms with E-state index in [0.29, 0.717) is 11.4 Å². The molecule has 0 atom stereocenters. The van der Waals surface area contributed by atoms with Gasteiger partial charge in [-0.1, -0.05) is 0 Å². The van der Waals surface area contributed by atoms with Gasteiger partial charge in [0.1, 0.15) is 0 Å². The van der Waals surface area contributed by atoms with Crippen LogP contribution in [0.2, 0.25) is 0 Å². The van der Waals surface area contributed by atoms with E-state index in [4.69, 9.17) is 10.5 Å². The van der Waals surface area contributed by atoms with Gasteiger partial charge in [-0.15, -0.1) is 0 Å². The Morgan fingerprint density at radius 1 is 0.833 bits per heavy atom. The summed E-state index contributed by atoms with van der Waals surface area (Å²) in [4.78, 5) is 0. The highest BCUT2D eigenvalue weighted by atomic mass is 14.9. The van der Waals surface area contributed by atoms with E-state index in [1.54, 1.807) is 36.7 Å². The lowest BCUT2D eigenvalue weighted by Crippen LogP contribution is -1.89. The predicted molar refractivity (Wildman–Crippen MR) is 44.9 cm³/mol. The third-order valence-electron chi connectivity index (χ3n) is 1.29. The summed E-state index contributed by atoms with van der Waals surface area (Å²) < 4.78 is 0. The fourth-order valence-corrected chi connectivity index (χ4v) is 0.766. The van der Waals surface area contributed by atoms with Crippen molar-refractivity contribution in [3.63, 3.8) is 0 Å². The molecule has 58 valence electrons. The van der Waals surface area contributed by atoms with Crippen LogP contribution in [0.1, 0.15) is 0 Å². The Bertz CT molecular complexity index is 293. The third-order valence-corrected chi connectivity index (χ3v) is 1.29. The topological polar surface area (TPSA) is 71.6 Å². The second kappa shape index (κ2) is 3.85. The molecule has 0 fully saturated rings. The van der Waals surface area contributed by atoms with Crippen LogP contribution in [0.4, 0.5) is 11.4 Å². The van der Waals surface area contributed by atoms with Crippen LogP contribution in [0.3, 0.4) is 0 Å². The van der Waals surface area contributed by atoms with E-state index >= 15 is 0 Å². The Labute approximate surface area is 70.0 Å². The second-order valence-corrected chi connectivity index (χ2v) is 2.05. The van der Waals surface area contributed by atoms with Crippen LogP contribution in [-0.4, -0.2) is 0 Å². The summed E-state index contributed by atoms with van der Waals surface area (Å²) in [5, 5.41) is 21.5. The molecule has 0 spiro atoms. The first kappa shape index (κ1) is 7.90. The van der Waals surface area contributed by atoms with Gasteiger partial charge in [0.15, 0.2) is 12.4 Å². The van der Waals surface area contributed by atoms with Crippen molar-refractivity contribution in [2.24, 2.45) is 0 Å². The predicted octanol–water partition coefficient (Wildman–Crippen LogP) is 1.47. The molecule has 0 unspecified atom stereocenters. The van der Waals surface area contributed by atoms with Crippen molar-refractivity contribution in [2.45, 2.75) is 0 Å². The Kier molecular flexibility index (Phi) is 2.53. The number of benzene rings is 1. The van der Waals surface area contributed by atoms with Crippen molar-refractivity contribution in [2.75, 3.05) is 10.6 Å². The first-order valence-electron chi connectivity index (χ1n) is 3.27. The van der Waals surface area contributed by atoms with E-state index < -0.39 is 0 Å². The minimum atomic E-state index is 0.709. The SMILES string of the molecule is N#CNc1ccc(NC#N)cc1. The highest BCUT2D eigenvalue weighted by Gasteiger charge is 1.90.